The maximum Gasteiger partial charge on any atom is 0.330 e. The lowest BCUT2D eigenvalue weighted by Gasteiger charge is -2.30. The van der Waals surface area contributed by atoms with Gasteiger partial charge in [0.15, 0.2) is 0 Å². The summed E-state index contributed by atoms with van der Waals surface area (Å²) in [4.78, 5) is 27.1. The Balaban J connectivity index is 1.59. The van der Waals surface area contributed by atoms with Crippen LogP contribution in [-0.2, 0) is 20.9 Å². The molecule has 1 amide bonds. The molecule has 1 fully saturated rings. The molecule has 3 aromatic rings. The predicted molar refractivity (Wildman–Crippen MR) is 142 cm³/mol. The normalized spacial score (nSPS) is 13.8. The molecule has 0 heterocycles. The van der Waals surface area contributed by atoms with E-state index in [9.17, 15) is 9.59 Å². The van der Waals surface area contributed by atoms with Gasteiger partial charge in [-0.05, 0) is 65.4 Å². The number of methoxy groups -OCH3 is 1. The number of esters is 1. The Morgan fingerprint density at radius 3 is 2.28 bits per heavy atom. The van der Waals surface area contributed by atoms with Crippen LogP contribution in [-0.4, -0.2) is 19.0 Å². The molecule has 0 bridgehead atoms. The zero-order valence-electron chi connectivity index (χ0n) is 20.5. The van der Waals surface area contributed by atoms with Gasteiger partial charge in [-0.3, -0.25) is 4.79 Å². The standard InChI is InChI=1S/C31H30N2O3/c1-36-30(34)19-14-23-6-5-9-29(20-23)33(31(35)28-7-3-2-4-8-28)22-25-12-17-27(18-13-25)26-15-10-24(21-32)11-16-26/h5-6,9-20,28H,2-4,7-8,22H2,1H3/b19-14+. The Morgan fingerprint density at radius 1 is 0.972 bits per heavy atom. The molecule has 0 spiro atoms. The molecular formula is C31H30N2O3. The van der Waals surface area contributed by atoms with E-state index < -0.39 is 5.97 Å². The molecule has 0 unspecified atom stereocenters. The summed E-state index contributed by atoms with van der Waals surface area (Å²) in [5.41, 5.74) is 5.41. The number of ether oxygens (including phenoxy) is 1. The number of carbonyl (C=O) groups is 2. The molecule has 182 valence electrons. The SMILES string of the molecule is COC(=O)/C=C/c1cccc(N(Cc2ccc(-c3ccc(C#N)cc3)cc2)C(=O)C2CCCCC2)c1. The summed E-state index contributed by atoms with van der Waals surface area (Å²) in [5, 5.41) is 9.03. The maximum absolute atomic E-state index is 13.7. The van der Waals surface area contributed by atoms with Crippen molar-refractivity contribution < 1.29 is 14.3 Å². The number of rotatable bonds is 7. The molecule has 5 nitrogen and oxygen atoms in total. The van der Waals surface area contributed by atoms with Crippen molar-refractivity contribution in [1.82, 2.24) is 0 Å². The largest absolute Gasteiger partial charge is 0.466 e. The van der Waals surface area contributed by atoms with E-state index in [0.29, 0.717) is 12.1 Å². The summed E-state index contributed by atoms with van der Waals surface area (Å²) in [7, 11) is 1.35. The van der Waals surface area contributed by atoms with Crippen molar-refractivity contribution >= 4 is 23.6 Å². The van der Waals surface area contributed by atoms with Crippen LogP contribution < -0.4 is 4.90 Å². The van der Waals surface area contributed by atoms with E-state index in [1.54, 1.807) is 6.08 Å². The van der Waals surface area contributed by atoms with Crippen LogP contribution in [0.4, 0.5) is 5.69 Å². The number of carbonyl (C=O) groups excluding carboxylic acids is 2. The summed E-state index contributed by atoms with van der Waals surface area (Å²) in [6.07, 6.45) is 8.30. The molecule has 0 aromatic heterocycles. The highest BCUT2D eigenvalue weighted by Crippen LogP contribution is 2.30. The van der Waals surface area contributed by atoms with E-state index in [4.69, 9.17) is 10.00 Å². The van der Waals surface area contributed by atoms with Crippen LogP contribution in [0.15, 0.2) is 78.9 Å². The van der Waals surface area contributed by atoms with Crippen LogP contribution in [0.2, 0.25) is 0 Å². The van der Waals surface area contributed by atoms with Crippen molar-refractivity contribution in [2.75, 3.05) is 12.0 Å². The second kappa shape index (κ2) is 12.0. The third-order valence-electron chi connectivity index (χ3n) is 6.66. The quantitative estimate of drug-likeness (QED) is 0.286. The van der Waals surface area contributed by atoms with Gasteiger partial charge in [-0.25, -0.2) is 4.79 Å². The number of nitrogens with zero attached hydrogens (tertiary/aromatic N) is 2. The van der Waals surface area contributed by atoms with Gasteiger partial charge in [0.05, 0.1) is 25.3 Å². The summed E-state index contributed by atoms with van der Waals surface area (Å²) in [5.74, 6) is -0.233. The Morgan fingerprint density at radius 2 is 1.64 bits per heavy atom. The fraction of sp³-hybridized carbons (Fsp3) is 0.258. The average molecular weight is 479 g/mol. The topological polar surface area (TPSA) is 70.4 Å². The fourth-order valence-electron chi connectivity index (χ4n) is 4.62. The third-order valence-corrected chi connectivity index (χ3v) is 6.66. The number of hydrogen-bond donors (Lipinski definition) is 0. The van der Waals surface area contributed by atoms with Gasteiger partial charge in [-0.2, -0.15) is 5.26 Å². The summed E-state index contributed by atoms with van der Waals surface area (Å²) < 4.78 is 4.69. The molecular weight excluding hydrogens is 448 g/mol. The average Bonchev–Trinajstić information content (AvgIpc) is 2.95. The van der Waals surface area contributed by atoms with Crippen LogP contribution in [0.3, 0.4) is 0 Å². The first-order valence-electron chi connectivity index (χ1n) is 12.3. The van der Waals surface area contributed by atoms with Gasteiger partial charge in [0.2, 0.25) is 5.91 Å². The number of benzene rings is 3. The van der Waals surface area contributed by atoms with Gasteiger partial charge in [-0.1, -0.05) is 67.8 Å². The molecule has 1 aliphatic rings. The number of hydrogen-bond acceptors (Lipinski definition) is 4. The first kappa shape index (κ1) is 24.9. The fourth-order valence-corrected chi connectivity index (χ4v) is 4.62. The smallest absolute Gasteiger partial charge is 0.330 e. The van der Waals surface area contributed by atoms with E-state index in [1.165, 1.54) is 19.6 Å². The number of amides is 1. The van der Waals surface area contributed by atoms with Crippen molar-refractivity contribution in [3.05, 3.63) is 95.6 Å². The van der Waals surface area contributed by atoms with E-state index in [1.807, 2.05) is 53.4 Å². The lowest BCUT2D eigenvalue weighted by molar-refractivity contribution is -0.134. The van der Waals surface area contributed by atoms with Crippen molar-refractivity contribution in [3.8, 4) is 17.2 Å². The molecule has 4 rings (SSSR count). The van der Waals surface area contributed by atoms with E-state index in [-0.39, 0.29) is 11.8 Å². The molecule has 0 aliphatic heterocycles. The minimum Gasteiger partial charge on any atom is -0.466 e. The van der Waals surface area contributed by atoms with Gasteiger partial charge >= 0.3 is 5.97 Å². The van der Waals surface area contributed by atoms with Crippen molar-refractivity contribution in [2.45, 2.75) is 38.6 Å². The lowest BCUT2D eigenvalue weighted by Crippen LogP contribution is -2.36. The monoisotopic (exact) mass is 478 g/mol. The Labute approximate surface area is 212 Å². The molecule has 1 saturated carbocycles. The molecule has 1 aliphatic carbocycles. The van der Waals surface area contributed by atoms with Crippen molar-refractivity contribution in [1.29, 1.82) is 5.26 Å². The number of nitriles is 1. The van der Waals surface area contributed by atoms with Gasteiger partial charge in [0.1, 0.15) is 0 Å². The van der Waals surface area contributed by atoms with Gasteiger partial charge < -0.3 is 9.64 Å². The van der Waals surface area contributed by atoms with Crippen molar-refractivity contribution in [3.63, 3.8) is 0 Å². The summed E-state index contributed by atoms with van der Waals surface area (Å²) >= 11 is 0. The van der Waals surface area contributed by atoms with Crippen LogP contribution in [0, 0.1) is 17.2 Å². The zero-order valence-corrected chi connectivity index (χ0v) is 20.5. The van der Waals surface area contributed by atoms with E-state index in [2.05, 4.69) is 30.3 Å². The minimum absolute atomic E-state index is 0.0333. The van der Waals surface area contributed by atoms with Crippen LogP contribution >= 0.6 is 0 Å². The molecule has 5 heteroatoms. The predicted octanol–water partition coefficient (Wildman–Crippen LogP) is 6.52. The summed E-state index contributed by atoms with van der Waals surface area (Å²) in [6.45, 7) is 0.465. The Bertz CT molecular complexity index is 1260. The van der Waals surface area contributed by atoms with Crippen molar-refractivity contribution in [2.24, 2.45) is 5.92 Å². The Hall–Kier alpha value is -4.17. The number of anilines is 1. The highest BCUT2D eigenvalue weighted by molar-refractivity contribution is 5.95. The highest BCUT2D eigenvalue weighted by atomic mass is 16.5. The highest BCUT2D eigenvalue weighted by Gasteiger charge is 2.27. The molecule has 0 N–H and O–H groups in total. The minimum atomic E-state index is -0.419. The first-order valence-corrected chi connectivity index (χ1v) is 12.3. The molecule has 0 saturated heterocycles. The first-order chi connectivity index (χ1) is 17.6. The van der Waals surface area contributed by atoms with Crippen LogP contribution in [0.5, 0.6) is 0 Å². The van der Waals surface area contributed by atoms with Crippen LogP contribution in [0.1, 0.15) is 48.8 Å². The second-order valence-electron chi connectivity index (χ2n) is 9.10. The second-order valence-corrected chi connectivity index (χ2v) is 9.10. The summed E-state index contributed by atoms with van der Waals surface area (Å²) in [6, 6.07) is 25.6. The molecule has 0 radical (unpaired) electrons. The van der Waals surface area contributed by atoms with Gasteiger partial charge in [0.25, 0.3) is 0 Å². The third kappa shape index (κ3) is 6.28. The lowest BCUT2D eigenvalue weighted by atomic mass is 9.88. The molecule has 0 atom stereocenters. The zero-order chi connectivity index (χ0) is 25.3. The maximum atomic E-state index is 13.7. The van der Waals surface area contributed by atoms with Gasteiger partial charge in [-0.15, -0.1) is 0 Å². The Kier molecular flexibility index (Phi) is 8.31. The van der Waals surface area contributed by atoms with Gasteiger partial charge in [0, 0.05) is 17.7 Å². The molecule has 3 aromatic carbocycles. The molecule has 36 heavy (non-hydrogen) atoms. The van der Waals surface area contributed by atoms with E-state index in [0.717, 1.165) is 53.6 Å². The van der Waals surface area contributed by atoms with E-state index >= 15 is 0 Å². The van der Waals surface area contributed by atoms with Crippen LogP contribution in [0.25, 0.3) is 17.2 Å².